The minimum absolute atomic E-state index is 0.127. The van der Waals surface area contributed by atoms with Crippen molar-refractivity contribution >= 4 is 22.1 Å². The maximum Gasteiger partial charge on any atom is 0.511 e. The number of rotatable bonds is 11. The Morgan fingerprint density at radius 2 is 1.69 bits per heavy atom. The van der Waals surface area contributed by atoms with Gasteiger partial charge in [-0.1, -0.05) is 29.8 Å². The number of ether oxygens (including phenoxy) is 2. The molecular formula is C27H33F3N6O8S. The van der Waals surface area contributed by atoms with Crippen molar-refractivity contribution in [1.29, 1.82) is 0 Å². The molecule has 0 spiro atoms. The molecule has 0 aliphatic carbocycles. The summed E-state index contributed by atoms with van der Waals surface area (Å²) in [5.74, 6) is -1.08. The van der Waals surface area contributed by atoms with E-state index < -0.39 is 57.7 Å². The molecule has 0 saturated carbocycles. The molecule has 0 radical (unpaired) electrons. The number of likely N-dealkylation sites (N-methyl/N-ethyl adjacent to an activating group) is 1. The standard InChI is InChI=1S/C27H33F3N6O8S/c1-17-7-9-19(10-8-17)22-15-23(27(28,29)30)31-35(22)20-11-13-21(14-12-20)45(40,41)32-24(37)16-34(6)36(39)33-44-18(2)42-25(38)43-26(3,4)5/h7-15,18,33,36H,16H2,1-6H3,(H,32,37). The number of hydrogen-bond donors (Lipinski definition) is 3. The van der Waals surface area contributed by atoms with Gasteiger partial charge in [0.2, 0.25) is 6.29 Å². The van der Waals surface area contributed by atoms with E-state index in [1.54, 1.807) is 45.0 Å². The maximum atomic E-state index is 13.5. The van der Waals surface area contributed by atoms with Gasteiger partial charge >= 0.3 is 12.3 Å². The van der Waals surface area contributed by atoms with Crippen molar-refractivity contribution in [3.8, 4) is 16.9 Å². The summed E-state index contributed by atoms with van der Waals surface area (Å²) < 4.78 is 78.7. The fourth-order valence-electron chi connectivity index (χ4n) is 3.59. The number of aromatic nitrogens is 2. The van der Waals surface area contributed by atoms with Gasteiger partial charge in [0.05, 0.1) is 16.3 Å². The van der Waals surface area contributed by atoms with Crippen molar-refractivity contribution < 1.29 is 50.8 Å². The Bertz CT molecular complexity index is 1590. The number of amides is 1. The van der Waals surface area contributed by atoms with Gasteiger partial charge in [0, 0.05) is 19.5 Å². The van der Waals surface area contributed by atoms with Gasteiger partial charge in [-0.3, -0.25) is 4.79 Å². The number of sulfonamides is 1. The van der Waals surface area contributed by atoms with Crippen LogP contribution in [0.2, 0.25) is 0 Å². The number of carbonyl (C=O) groups is 2. The van der Waals surface area contributed by atoms with Crippen LogP contribution < -0.4 is 15.6 Å². The van der Waals surface area contributed by atoms with E-state index in [4.69, 9.17) is 14.3 Å². The van der Waals surface area contributed by atoms with Crippen LogP contribution in [0, 0.1) is 12.1 Å². The molecule has 2 atom stereocenters. The van der Waals surface area contributed by atoms with Crippen molar-refractivity contribution in [2.24, 2.45) is 0 Å². The van der Waals surface area contributed by atoms with Crippen LogP contribution in [0.5, 0.6) is 0 Å². The second kappa shape index (κ2) is 13.9. The lowest BCUT2D eigenvalue weighted by molar-refractivity contribution is -1.03. The molecule has 0 fully saturated rings. The third-order valence-electron chi connectivity index (χ3n) is 5.68. The third kappa shape index (κ3) is 10.2. The van der Waals surface area contributed by atoms with E-state index >= 15 is 0 Å². The molecule has 3 rings (SSSR count). The SMILES string of the molecule is Cc1ccc(-c2cc(C(F)(F)F)nn2-c2ccc(S(=O)(=O)NC(=O)CN(C)[NH+]([O-])NOC(C)OC(=O)OC(C)(C)C)cc2)cc1. The summed E-state index contributed by atoms with van der Waals surface area (Å²) in [7, 11) is -3.27. The molecule has 1 amide bonds. The number of halogens is 3. The average Bonchev–Trinajstić information content (AvgIpc) is 3.37. The van der Waals surface area contributed by atoms with Crippen LogP contribution in [0.15, 0.2) is 59.5 Å². The van der Waals surface area contributed by atoms with E-state index in [0.717, 1.165) is 33.5 Å². The van der Waals surface area contributed by atoms with Crippen LogP contribution in [0.4, 0.5) is 18.0 Å². The molecule has 2 unspecified atom stereocenters. The fraction of sp³-hybridized carbons (Fsp3) is 0.370. The first kappa shape index (κ1) is 35.4. The molecule has 1 heterocycles. The highest BCUT2D eigenvalue weighted by atomic mass is 32.2. The smallest absolute Gasteiger partial charge is 0.511 e. The summed E-state index contributed by atoms with van der Waals surface area (Å²) in [6.45, 7) is 7.26. The zero-order valence-electron chi connectivity index (χ0n) is 25.1. The zero-order chi connectivity index (χ0) is 33.7. The largest absolute Gasteiger partial charge is 0.591 e. The van der Waals surface area contributed by atoms with Gasteiger partial charge in [-0.15, -0.1) is 5.01 Å². The van der Waals surface area contributed by atoms with Crippen LogP contribution in [0.3, 0.4) is 0 Å². The number of hydrogen-bond acceptors (Lipinski definition) is 11. The lowest BCUT2D eigenvalue weighted by atomic mass is 10.1. The monoisotopic (exact) mass is 658 g/mol. The molecule has 3 aromatic rings. The first-order valence-electron chi connectivity index (χ1n) is 13.2. The van der Waals surface area contributed by atoms with Gasteiger partial charge in [0.25, 0.3) is 15.9 Å². The molecule has 0 aliphatic heterocycles. The predicted octanol–water partition coefficient (Wildman–Crippen LogP) is 2.63. The molecule has 3 N–H and O–H groups in total. The van der Waals surface area contributed by atoms with Crippen LogP contribution in [-0.4, -0.2) is 60.8 Å². The maximum absolute atomic E-state index is 13.5. The van der Waals surface area contributed by atoms with E-state index in [2.05, 4.69) is 5.10 Å². The molecule has 1 aromatic heterocycles. The highest BCUT2D eigenvalue weighted by Gasteiger charge is 2.35. The van der Waals surface area contributed by atoms with E-state index in [1.807, 2.05) is 17.2 Å². The van der Waals surface area contributed by atoms with E-state index in [-0.39, 0.29) is 16.3 Å². The van der Waals surface area contributed by atoms with Gasteiger partial charge in [-0.05, 0) is 63.6 Å². The predicted molar refractivity (Wildman–Crippen MR) is 152 cm³/mol. The normalized spacial score (nSPS) is 13.8. The van der Waals surface area contributed by atoms with Crippen molar-refractivity contribution in [2.75, 3.05) is 13.6 Å². The third-order valence-corrected chi connectivity index (χ3v) is 7.07. The zero-order valence-corrected chi connectivity index (χ0v) is 25.9. The molecule has 0 aliphatic rings. The number of carbonyl (C=O) groups excluding carboxylic acids is 2. The number of quaternary nitrogens is 1. The number of alkyl halides is 3. The lowest BCUT2D eigenvalue weighted by Crippen LogP contribution is -3.20. The van der Waals surface area contributed by atoms with Gasteiger partial charge in [-0.25, -0.2) is 27.5 Å². The number of aryl methyl sites for hydroxylation is 1. The first-order valence-corrected chi connectivity index (χ1v) is 14.7. The van der Waals surface area contributed by atoms with Crippen molar-refractivity contribution in [3.05, 3.63) is 71.1 Å². The van der Waals surface area contributed by atoms with Gasteiger partial charge in [-0.2, -0.15) is 23.6 Å². The summed E-state index contributed by atoms with van der Waals surface area (Å²) in [4.78, 5) is 28.6. The first-order chi connectivity index (χ1) is 20.7. The quantitative estimate of drug-likeness (QED) is 0.157. The van der Waals surface area contributed by atoms with E-state index in [0.29, 0.717) is 5.56 Å². The Hall–Kier alpha value is -4.07. The minimum atomic E-state index is -4.72. The number of nitrogens with zero attached hydrogens (tertiary/aromatic N) is 3. The van der Waals surface area contributed by atoms with E-state index in [1.165, 1.54) is 26.1 Å². The lowest BCUT2D eigenvalue weighted by Gasteiger charge is -2.29. The summed E-state index contributed by atoms with van der Waals surface area (Å²) >= 11 is 0. The van der Waals surface area contributed by atoms with Crippen LogP contribution in [0.1, 0.15) is 39.0 Å². The number of nitrogens with one attached hydrogen (secondary N) is 3. The molecule has 2 aromatic carbocycles. The van der Waals surface area contributed by atoms with Gasteiger partial charge in [0.1, 0.15) is 12.1 Å². The Morgan fingerprint density at radius 1 is 1.09 bits per heavy atom. The fourth-order valence-corrected chi connectivity index (χ4v) is 4.56. The number of benzene rings is 2. The second-order valence-corrected chi connectivity index (χ2v) is 12.4. The molecule has 246 valence electrons. The van der Waals surface area contributed by atoms with Crippen molar-refractivity contribution in [3.63, 3.8) is 0 Å². The van der Waals surface area contributed by atoms with Gasteiger partial charge < -0.3 is 14.7 Å². The topological polar surface area (TPSA) is 169 Å². The Kier molecular flexibility index (Phi) is 11.0. The molecule has 18 heteroatoms. The highest BCUT2D eigenvalue weighted by molar-refractivity contribution is 7.90. The summed E-state index contributed by atoms with van der Waals surface area (Å²) in [6.07, 6.45) is -7.03. The molecule has 14 nitrogen and oxygen atoms in total. The summed E-state index contributed by atoms with van der Waals surface area (Å²) in [5.41, 5.74) is 1.61. The molecule has 0 saturated heterocycles. The Morgan fingerprint density at radius 3 is 2.24 bits per heavy atom. The van der Waals surface area contributed by atoms with Crippen LogP contribution >= 0.6 is 0 Å². The minimum Gasteiger partial charge on any atom is -0.591 e. The highest BCUT2D eigenvalue weighted by Crippen LogP contribution is 2.33. The van der Waals surface area contributed by atoms with Crippen LogP contribution in [0.25, 0.3) is 16.9 Å². The molecule has 45 heavy (non-hydrogen) atoms. The van der Waals surface area contributed by atoms with Crippen molar-refractivity contribution in [1.82, 2.24) is 25.1 Å². The van der Waals surface area contributed by atoms with E-state index in [9.17, 15) is 36.4 Å². The summed E-state index contributed by atoms with van der Waals surface area (Å²) in [5, 5.41) is 15.7. The Labute approximate surface area is 257 Å². The molecular weight excluding hydrogens is 625 g/mol. The Balaban J connectivity index is 1.64. The van der Waals surface area contributed by atoms with Crippen LogP contribution in [-0.2, 0) is 35.3 Å². The van der Waals surface area contributed by atoms with Gasteiger partial charge in [0.15, 0.2) is 5.69 Å². The second-order valence-electron chi connectivity index (χ2n) is 10.7. The molecule has 0 bridgehead atoms. The van der Waals surface area contributed by atoms with Crippen molar-refractivity contribution in [2.45, 2.75) is 57.6 Å². The summed E-state index contributed by atoms with van der Waals surface area (Å²) in [6, 6.07) is 12.3. The average molecular weight is 659 g/mol.